The first-order valence-electron chi connectivity index (χ1n) is 5.75. The fourth-order valence-corrected chi connectivity index (χ4v) is 1.39. The zero-order valence-corrected chi connectivity index (χ0v) is 10.8. The van der Waals surface area contributed by atoms with Gasteiger partial charge < -0.3 is 16.2 Å². The number of aromatic hydroxyl groups is 1. The Morgan fingerprint density at radius 3 is 2.63 bits per heavy atom. The van der Waals surface area contributed by atoms with Crippen molar-refractivity contribution in [1.29, 1.82) is 0 Å². The van der Waals surface area contributed by atoms with Crippen molar-refractivity contribution >= 4 is 17.3 Å². The molecule has 0 heterocycles. The molecular formula is C12H17N3O4. The van der Waals surface area contributed by atoms with Gasteiger partial charge in [0.2, 0.25) is 5.91 Å². The van der Waals surface area contributed by atoms with Crippen molar-refractivity contribution in [1.82, 2.24) is 0 Å². The summed E-state index contributed by atoms with van der Waals surface area (Å²) in [7, 11) is 0. The Hall–Kier alpha value is -2.15. The topological polar surface area (TPSA) is 118 Å². The van der Waals surface area contributed by atoms with Gasteiger partial charge in [-0.2, -0.15) is 0 Å². The zero-order chi connectivity index (χ0) is 14.6. The number of anilines is 1. The molecule has 0 unspecified atom stereocenters. The van der Waals surface area contributed by atoms with E-state index in [0.29, 0.717) is 6.42 Å². The van der Waals surface area contributed by atoms with Gasteiger partial charge in [-0.15, -0.1) is 0 Å². The number of nitro groups is 1. The molecule has 0 aliphatic rings. The Kier molecular flexibility index (Phi) is 4.44. The van der Waals surface area contributed by atoms with E-state index in [-0.39, 0.29) is 29.5 Å². The molecule has 1 aromatic carbocycles. The van der Waals surface area contributed by atoms with Gasteiger partial charge in [-0.3, -0.25) is 14.9 Å². The van der Waals surface area contributed by atoms with Gasteiger partial charge in [-0.1, -0.05) is 0 Å². The monoisotopic (exact) mass is 267 g/mol. The smallest absolute Gasteiger partial charge is 0.273 e. The molecule has 0 atom stereocenters. The molecule has 4 N–H and O–H groups in total. The first-order chi connectivity index (χ1) is 8.69. The highest BCUT2D eigenvalue weighted by Crippen LogP contribution is 2.28. The summed E-state index contributed by atoms with van der Waals surface area (Å²) in [6, 6.07) is 3.49. The van der Waals surface area contributed by atoms with Gasteiger partial charge in [0.1, 0.15) is 5.75 Å². The summed E-state index contributed by atoms with van der Waals surface area (Å²) >= 11 is 0. The molecule has 0 fully saturated rings. The van der Waals surface area contributed by atoms with Crippen LogP contribution in [0.25, 0.3) is 0 Å². The first-order valence-corrected chi connectivity index (χ1v) is 5.75. The summed E-state index contributed by atoms with van der Waals surface area (Å²) < 4.78 is 0. The summed E-state index contributed by atoms with van der Waals surface area (Å²) in [5.41, 5.74) is 5.21. The van der Waals surface area contributed by atoms with Crippen molar-refractivity contribution in [2.75, 3.05) is 5.32 Å². The van der Waals surface area contributed by atoms with Crippen LogP contribution in [0.1, 0.15) is 26.7 Å². The van der Waals surface area contributed by atoms with Gasteiger partial charge in [-0.05, 0) is 26.3 Å². The minimum atomic E-state index is -0.623. The molecule has 1 rings (SSSR count). The SMILES string of the molecule is CC(C)(N)CCC(=O)Nc1ccc([N+](=O)[O-])cc1O. The number of nitrogens with two attached hydrogens (primary N) is 1. The van der Waals surface area contributed by atoms with Gasteiger partial charge in [0.15, 0.2) is 0 Å². The number of carbonyl (C=O) groups excluding carboxylic acids is 1. The highest BCUT2D eigenvalue weighted by atomic mass is 16.6. The number of hydrogen-bond acceptors (Lipinski definition) is 5. The lowest BCUT2D eigenvalue weighted by atomic mass is 10.00. The van der Waals surface area contributed by atoms with Crippen LogP contribution in [0.5, 0.6) is 5.75 Å². The summed E-state index contributed by atoms with van der Waals surface area (Å²) in [4.78, 5) is 21.5. The number of rotatable bonds is 5. The number of phenols is 1. The van der Waals surface area contributed by atoms with Crippen molar-refractivity contribution in [3.05, 3.63) is 28.3 Å². The highest BCUT2D eigenvalue weighted by Gasteiger charge is 2.15. The predicted octanol–water partition coefficient (Wildman–Crippen LogP) is 1.76. The Labute approximate surface area is 110 Å². The van der Waals surface area contributed by atoms with Crippen molar-refractivity contribution in [3.8, 4) is 5.75 Å². The lowest BCUT2D eigenvalue weighted by Crippen LogP contribution is -2.33. The Bertz CT molecular complexity index is 494. The standard InChI is InChI=1S/C12H17N3O4/c1-12(2,13)6-5-11(17)14-9-4-3-8(15(18)19)7-10(9)16/h3-4,7,16H,5-6,13H2,1-2H3,(H,14,17). The Morgan fingerprint density at radius 2 is 2.16 bits per heavy atom. The molecule has 19 heavy (non-hydrogen) atoms. The molecule has 1 aromatic rings. The second-order valence-electron chi connectivity index (χ2n) is 5.00. The van der Waals surface area contributed by atoms with E-state index in [2.05, 4.69) is 5.32 Å². The Morgan fingerprint density at radius 1 is 1.53 bits per heavy atom. The molecule has 104 valence electrons. The molecule has 0 radical (unpaired) electrons. The van der Waals surface area contributed by atoms with Gasteiger partial charge in [0.25, 0.3) is 5.69 Å². The molecule has 0 aliphatic carbocycles. The van der Waals surface area contributed by atoms with Crippen LogP contribution < -0.4 is 11.1 Å². The molecule has 0 bridgehead atoms. The van der Waals surface area contributed by atoms with E-state index < -0.39 is 10.5 Å². The van der Waals surface area contributed by atoms with Crippen LogP contribution >= 0.6 is 0 Å². The average molecular weight is 267 g/mol. The van der Waals surface area contributed by atoms with E-state index in [9.17, 15) is 20.0 Å². The number of amides is 1. The molecule has 0 spiro atoms. The van der Waals surface area contributed by atoms with Crippen LogP contribution in [0.2, 0.25) is 0 Å². The molecule has 7 nitrogen and oxygen atoms in total. The zero-order valence-electron chi connectivity index (χ0n) is 10.8. The molecular weight excluding hydrogens is 250 g/mol. The average Bonchev–Trinajstić information content (AvgIpc) is 2.28. The van der Waals surface area contributed by atoms with Crippen LogP contribution in [-0.2, 0) is 4.79 Å². The summed E-state index contributed by atoms with van der Waals surface area (Å²) in [5.74, 6) is -0.641. The normalized spacial score (nSPS) is 11.1. The van der Waals surface area contributed by atoms with Gasteiger partial charge in [-0.25, -0.2) is 0 Å². The summed E-state index contributed by atoms with van der Waals surface area (Å²) in [6.07, 6.45) is 0.701. The van der Waals surface area contributed by atoms with E-state index in [1.165, 1.54) is 12.1 Å². The minimum Gasteiger partial charge on any atom is -0.506 e. The molecule has 0 saturated heterocycles. The number of carbonyl (C=O) groups is 1. The fraction of sp³-hybridized carbons (Fsp3) is 0.417. The number of hydrogen-bond donors (Lipinski definition) is 3. The molecule has 0 aliphatic heterocycles. The van der Waals surface area contributed by atoms with Crippen LogP contribution in [0.4, 0.5) is 11.4 Å². The second kappa shape index (κ2) is 5.66. The highest BCUT2D eigenvalue weighted by molar-refractivity contribution is 5.92. The second-order valence-corrected chi connectivity index (χ2v) is 5.00. The van der Waals surface area contributed by atoms with E-state index in [0.717, 1.165) is 6.07 Å². The van der Waals surface area contributed by atoms with Crippen LogP contribution in [0.15, 0.2) is 18.2 Å². The number of non-ortho nitro benzene ring substituents is 1. The maximum Gasteiger partial charge on any atom is 0.273 e. The molecule has 7 heteroatoms. The quantitative estimate of drug-likeness (QED) is 0.426. The summed E-state index contributed by atoms with van der Waals surface area (Å²) in [5, 5.41) is 22.5. The number of phenolic OH excluding ortho intramolecular Hbond substituents is 1. The van der Waals surface area contributed by atoms with Crippen molar-refractivity contribution in [3.63, 3.8) is 0 Å². The number of benzene rings is 1. The molecule has 0 aromatic heterocycles. The number of nitrogens with one attached hydrogen (secondary N) is 1. The van der Waals surface area contributed by atoms with E-state index in [1.54, 1.807) is 0 Å². The third kappa shape index (κ3) is 4.92. The fourth-order valence-electron chi connectivity index (χ4n) is 1.39. The number of nitro benzene ring substituents is 1. The first kappa shape index (κ1) is 14.9. The van der Waals surface area contributed by atoms with Crippen LogP contribution in [0.3, 0.4) is 0 Å². The van der Waals surface area contributed by atoms with Gasteiger partial charge in [0.05, 0.1) is 16.7 Å². The van der Waals surface area contributed by atoms with Crippen molar-refractivity contribution in [2.45, 2.75) is 32.2 Å². The van der Waals surface area contributed by atoms with E-state index in [4.69, 9.17) is 5.73 Å². The predicted molar refractivity (Wildman–Crippen MR) is 70.9 cm³/mol. The number of nitrogens with zero attached hydrogens (tertiary/aromatic N) is 1. The van der Waals surface area contributed by atoms with Crippen LogP contribution in [-0.4, -0.2) is 21.5 Å². The lowest BCUT2D eigenvalue weighted by Gasteiger charge is -2.17. The maximum atomic E-state index is 11.6. The van der Waals surface area contributed by atoms with Crippen LogP contribution in [0, 0.1) is 10.1 Å². The maximum absolute atomic E-state index is 11.6. The molecule has 0 saturated carbocycles. The van der Waals surface area contributed by atoms with E-state index in [1.807, 2.05) is 13.8 Å². The van der Waals surface area contributed by atoms with Gasteiger partial charge in [0, 0.05) is 18.0 Å². The summed E-state index contributed by atoms with van der Waals surface area (Å²) in [6.45, 7) is 3.62. The Balaban J connectivity index is 2.67. The van der Waals surface area contributed by atoms with Gasteiger partial charge >= 0.3 is 0 Å². The van der Waals surface area contributed by atoms with E-state index >= 15 is 0 Å². The lowest BCUT2D eigenvalue weighted by molar-refractivity contribution is -0.384. The largest absolute Gasteiger partial charge is 0.506 e. The minimum absolute atomic E-state index is 0.144. The third-order valence-corrected chi connectivity index (χ3v) is 2.46. The molecule has 1 amide bonds. The van der Waals surface area contributed by atoms with Crippen molar-refractivity contribution < 1.29 is 14.8 Å². The third-order valence-electron chi connectivity index (χ3n) is 2.46. The van der Waals surface area contributed by atoms with Crippen molar-refractivity contribution in [2.24, 2.45) is 5.73 Å².